The van der Waals surface area contributed by atoms with Crippen LogP contribution in [0, 0.1) is 0 Å². The summed E-state index contributed by atoms with van der Waals surface area (Å²) in [6, 6.07) is 8.21. The molecular weight excluding hydrogens is 254 g/mol. The number of benzene rings is 2. The Bertz CT molecular complexity index is 612. The van der Waals surface area contributed by atoms with Crippen molar-refractivity contribution in [1.29, 1.82) is 0 Å². The van der Waals surface area contributed by atoms with Crippen LogP contribution in [-0.2, 0) is 4.79 Å². The molecule has 0 fully saturated rings. The fourth-order valence-corrected chi connectivity index (χ4v) is 2.20. The van der Waals surface area contributed by atoms with Crippen LogP contribution in [0.1, 0.15) is 11.5 Å². The molecule has 2 aromatic carbocycles. The lowest BCUT2D eigenvalue weighted by Crippen LogP contribution is -2.21. The molecule has 0 saturated carbocycles. The van der Waals surface area contributed by atoms with Crippen molar-refractivity contribution in [3.05, 3.63) is 40.9 Å². The first-order chi connectivity index (χ1) is 8.54. The second-order valence-corrected chi connectivity index (χ2v) is 4.43. The predicted octanol–water partition coefficient (Wildman–Crippen LogP) is 2.33. The molecule has 0 amide bonds. The molecule has 1 atom stereocenters. The second kappa shape index (κ2) is 4.84. The first-order valence-corrected chi connectivity index (χ1v) is 5.76. The van der Waals surface area contributed by atoms with Crippen LogP contribution < -0.4 is 5.73 Å². The number of carboxylic acids is 1. The summed E-state index contributed by atoms with van der Waals surface area (Å²) in [5.41, 5.74) is 5.81. The van der Waals surface area contributed by atoms with Crippen LogP contribution in [0.5, 0.6) is 5.75 Å². The van der Waals surface area contributed by atoms with E-state index in [1.54, 1.807) is 24.3 Å². The normalized spacial score (nSPS) is 12.6. The number of carbonyl (C=O) groups is 1. The van der Waals surface area contributed by atoms with Crippen LogP contribution in [0.2, 0.25) is 5.02 Å². The quantitative estimate of drug-likeness (QED) is 0.795. The Hall–Kier alpha value is -1.78. The van der Waals surface area contributed by atoms with Gasteiger partial charge in [0, 0.05) is 17.1 Å². The smallest absolute Gasteiger partial charge is 0.312 e. The zero-order chi connectivity index (χ0) is 13.3. The van der Waals surface area contributed by atoms with E-state index in [9.17, 15) is 9.90 Å². The summed E-state index contributed by atoms with van der Waals surface area (Å²) in [6.45, 7) is -0.0787. The van der Waals surface area contributed by atoms with Crippen LogP contribution in [-0.4, -0.2) is 22.7 Å². The van der Waals surface area contributed by atoms with Crippen LogP contribution in [0.15, 0.2) is 30.3 Å². The lowest BCUT2D eigenvalue weighted by Gasteiger charge is -2.15. The highest BCUT2D eigenvalue weighted by Crippen LogP contribution is 2.34. The zero-order valence-corrected chi connectivity index (χ0v) is 10.2. The van der Waals surface area contributed by atoms with Gasteiger partial charge in [-0.1, -0.05) is 23.7 Å². The lowest BCUT2D eigenvalue weighted by atomic mass is 9.92. The van der Waals surface area contributed by atoms with E-state index in [2.05, 4.69) is 0 Å². The number of fused-ring (bicyclic) bond motifs is 1. The van der Waals surface area contributed by atoms with Crippen molar-refractivity contribution in [2.24, 2.45) is 5.73 Å². The van der Waals surface area contributed by atoms with Gasteiger partial charge in [-0.05, 0) is 29.0 Å². The molecule has 0 saturated heterocycles. The first-order valence-electron chi connectivity index (χ1n) is 5.38. The van der Waals surface area contributed by atoms with E-state index in [1.807, 2.05) is 0 Å². The molecule has 0 bridgehead atoms. The summed E-state index contributed by atoms with van der Waals surface area (Å²) in [5.74, 6) is -2.06. The molecule has 0 aliphatic rings. The minimum absolute atomic E-state index is 0.0670. The second-order valence-electron chi connectivity index (χ2n) is 3.99. The van der Waals surface area contributed by atoms with Gasteiger partial charge in [0.05, 0.1) is 5.92 Å². The van der Waals surface area contributed by atoms with E-state index < -0.39 is 11.9 Å². The van der Waals surface area contributed by atoms with Crippen molar-refractivity contribution in [2.45, 2.75) is 5.92 Å². The first kappa shape index (κ1) is 12.7. The molecule has 0 heterocycles. The topological polar surface area (TPSA) is 83.6 Å². The number of aromatic hydroxyl groups is 1. The molecule has 0 aromatic heterocycles. The number of nitrogens with two attached hydrogens (primary N) is 1. The molecule has 2 aromatic rings. The van der Waals surface area contributed by atoms with E-state index >= 15 is 0 Å². The third kappa shape index (κ3) is 2.12. The molecule has 0 spiro atoms. The van der Waals surface area contributed by atoms with Crippen molar-refractivity contribution in [2.75, 3.05) is 6.54 Å². The van der Waals surface area contributed by atoms with Crippen molar-refractivity contribution in [3.8, 4) is 5.75 Å². The van der Waals surface area contributed by atoms with Gasteiger partial charge in [0.2, 0.25) is 0 Å². The highest BCUT2D eigenvalue weighted by Gasteiger charge is 2.23. The molecule has 4 N–H and O–H groups in total. The summed E-state index contributed by atoms with van der Waals surface area (Å²) < 4.78 is 0. The minimum atomic E-state index is -1.06. The number of phenolic OH excluding ortho intramolecular Hbond substituents is 1. The van der Waals surface area contributed by atoms with Crippen molar-refractivity contribution in [1.82, 2.24) is 0 Å². The largest absolute Gasteiger partial charge is 0.508 e. The van der Waals surface area contributed by atoms with Crippen LogP contribution >= 0.6 is 11.6 Å². The molecule has 0 aliphatic heterocycles. The summed E-state index contributed by atoms with van der Waals surface area (Å²) in [6.07, 6.45) is 0. The zero-order valence-electron chi connectivity index (χ0n) is 9.43. The van der Waals surface area contributed by atoms with E-state index in [4.69, 9.17) is 22.4 Å². The van der Waals surface area contributed by atoms with Crippen molar-refractivity contribution < 1.29 is 15.0 Å². The van der Waals surface area contributed by atoms with Gasteiger partial charge in [-0.2, -0.15) is 0 Å². The number of aliphatic carboxylic acids is 1. The molecule has 1 unspecified atom stereocenters. The third-order valence-corrected chi connectivity index (χ3v) is 3.12. The molecule has 2 rings (SSSR count). The monoisotopic (exact) mass is 265 g/mol. The summed E-state index contributed by atoms with van der Waals surface area (Å²) >= 11 is 5.88. The summed E-state index contributed by atoms with van der Waals surface area (Å²) in [7, 11) is 0. The maximum atomic E-state index is 11.2. The number of carboxylic acid groups (broad SMARTS) is 1. The Kier molecular flexibility index (Phi) is 3.41. The molecular formula is C13H12ClNO3. The van der Waals surface area contributed by atoms with Gasteiger partial charge in [0.1, 0.15) is 5.75 Å². The standard InChI is InChI=1S/C13H12ClNO3/c14-8-2-3-9-7(5-8)1-4-11(16)12(9)10(6-15)13(17)18/h1-5,10,16H,6,15H2,(H,17,18). The Morgan fingerprint density at radius 2 is 2.06 bits per heavy atom. The molecule has 0 radical (unpaired) electrons. The lowest BCUT2D eigenvalue weighted by molar-refractivity contribution is -0.138. The Morgan fingerprint density at radius 3 is 2.67 bits per heavy atom. The molecule has 18 heavy (non-hydrogen) atoms. The van der Waals surface area contributed by atoms with E-state index in [0.29, 0.717) is 16.0 Å². The molecule has 0 aliphatic carbocycles. The average Bonchev–Trinajstić information content (AvgIpc) is 2.32. The van der Waals surface area contributed by atoms with Gasteiger partial charge in [0.15, 0.2) is 0 Å². The Balaban J connectivity index is 2.75. The minimum Gasteiger partial charge on any atom is -0.508 e. The maximum Gasteiger partial charge on any atom is 0.312 e. The van der Waals surface area contributed by atoms with Crippen molar-refractivity contribution >= 4 is 28.3 Å². The summed E-state index contributed by atoms with van der Waals surface area (Å²) in [4.78, 5) is 11.2. The summed E-state index contributed by atoms with van der Waals surface area (Å²) in [5, 5.41) is 21.0. The fourth-order valence-electron chi connectivity index (χ4n) is 2.02. The van der Waals surface area contributed by atoms with Gasteiger partial charge < -0.3 is 15.9 Å². The molecule has 4 nitrogen and oxygen atoms in total. The SMILES string of the molecule is NCC(C(=O)O)c1c(O)ccc2cc(Cl)ccc12. The number of rotatable bonds is 3. The predicted molar refractivity (Wildman–Crippen MR) is 70.1 cm³/mol. The Labute approximate surface area is 109 Å². The maximum absolute atomic E-state index is 11.2. The fraction of sp³-hybridized carbons (Fsp3) is 0.154. The number of halogens is 1. The van der Waals surface area contributed by atoms with Crippen molar-refractivity contribution in [3.63, 3.8) is 0 Å². The van der Waals surface area contributed by atoms with Crippen LogP contribution in [0.4, 0.5) is 0 Å². The average molecular weight is 266 g/mol. The highest BCUT2D eigenvalue weighted by molar-refractivity contribution is 6.31. The van der Waals surface area contributed by atoms with Crippen LogP contribution in [0.25, 0.3) is 10.8 Å². The van der Waals surface area contributed by atoms with Crippen LogP contribution in [0.3, 0.4) is 0 Å². The van der Waals surface area contributed by atoms with Gasteiger partial charge in [-0.15, -0.1) is 0 Å². The Morgan fingerprint density at radius 1 is 1.33 bits per heavy atom. The van der Waals surface area contributed by atoms with E-state index in [0.717, 1.165) is 5.39 Å². The van der Waals surface area contributed by atoms with Gasteiger partial charge in [-0.3, -0.25) is 4.79 Å². The number of hydrogen-bond donors (Lipinski definition) is 3. The number of hydrogen-bond acceptors (Lipinski definition) is 3. The molecule has 5 heteroatoms. The van der Waals surface area contributed by atoms with E-state index in [1.165, 1.54) is 6.07 Å². The van der Waals surface area contributed by atoms with E-state index in [-0.39, 0.29) is 12.3 Å². The third-order valence-electron chi connectivity index (χ3n) is 2.88. The number of phenols is 1. The van der Waals surface area contributed by atoms with Gasteiger partial charge in [-0.25, -0.2) is 0 Å². The highest BCUT2D eigenvalue weighted by atomic mass is 35.5. The van der Waals surface area contributed by atoms with Gasteiger partial charge in [0.25, 0.3) is 0 Å². The van der Waals surface area contributed by atoms with Gasteiger partial charge >= 0.3 is 5.97 Å². The molecule has 94 valence electrons.